The van der Waals surface area contributed by atoms with Gasteiger partial charge in [-0.05, 0) is 30.7 Å². The third-order valence-electron chi connectivity index (χ3n) is 6.51. The van der Waals surface area contributed by atoms with Gasteiger partial charge in [-0.2, -0.15) is 18.2 Å². The van der Waals surface area contributed by atoms with Gasteiger partial charge in [-0.25, -0.2) is 18.4 Å². The van der Waals surface area contributed by atoms with Crippen molar-refractivity contribution in [1.82, 2.24) is 25.3 Å². The zero-order chi connectivity index (χ0) is 34.5. The standard InChI is InChI=1S/C29H37F3N8O6S/c1-4-22(41)6-5-14-45-16-17-46-15-13-35-27(42)20-7-9-21(10-8-20)38-28-37-18-23(29(30,31)32)25(39-28)36-19-24-26(34-12-11-33-24)40(2)47(3,43)44/h7-12,18H,4-6,13-17,19H2,1-3H3,(H,35,42)(H2,36,37,38,39). The van der Waals surface area contributed by atoms with E-state index in [4.69, 9.17) is 9.47 Å². The molecule has 0 aliphatic rings. The normalized spacial score (nSPS) is 11.6. The minimum absolute atomic E-state index is 0.0568. The van der Waals surface area contributed by atoms with Gasteiger partial charge in [0.05, 0.1) is 32.6 Å². The molecular weight excluding hydrogens is 645 g/mol. The number of benzene rings is 1. The first-order valence-electron chi connectivity index (χ1n) is 14.5. The number of hydrogen-bond acceptors (Lipinski definition) is 12. The average molecular weight is 683 g/mol. The van der Waals surface area contributed by atoms with Crippen LogP contribution in [0.2, 0.25) is 0 Å². The van der Waals surface area contributed by atoms with Crippen LogP contribution < -0.4 is 20.3 Å². The predicted molar refractivity (Wildman–Crippen MR) is 168 cm³/mol. The summed E-state index contributed by atoms with van der Waals surface area (Å²) in [6.45, 7) is 3.26. The molecule has 0 atom stereocenters. The third-order valence-corrected chi connectivity index (χ3v) is 7.68. The fourth-order valence-corrected chi connectivity index (χ4v) is 4.37. The molecule has 0 aliphatic heterocycles. The molecule has 0 radical (unpaired) electrons. The van der Waals surface area contributed by atoms with E-state index in [1.807, 2.05) is 6.92 Å². The maximum atomic E-state index is 13.7. The van der Waals surface area contributed by atoms with Crippen molar-refractivity contribution < 1.29 is 40.7 Å². The summed E-state index contributed by atoms with van der Waals surface area (Å²) >= 11 is 0. The number of carbonyl (C=O) groups is 2. The Balaban J connectivity index is 1.54. The number of alkyl halides is 3. The van der Waals surface area contributed by atoms with Gasteiger partial charge in [0.15, 0.2) is 5.82 Å². The van der Waals surface area contributed by atoms with Gasteiger partial charge in [0.2, 0.25) is 16.0 Å². The minimum Gasteiger partial charge on any atom is -0.379 e. The fraction of sp³-hybridized carbons (Fsp3) is 0.448. The van der Waals surface area contributed by atoms with Crippen LogP contribution in [0.4, 0.5) is 36.4 Å². The van der Waals surface area contributed by atoms with Gasteiger partial charge < -0.3 is 25.4 Å². The largest absolute Gasteiger partial charge is 0.421 e. The van der Waals surface area contributed by atoms with Gasteiger partial charge in [-0.15, -0.1) is 0 Å². The van der Waals surface area contributed by atoms with Crippen LogP contribution >= 0.6 is 0 Å². The van der Waals surface area contributed by atoms with Crippen LogP contribution in [0.5, 0.6) is 0 Å². The van der Waals surface area contributed by atoms with Gasteiger partial charge in [0, 0.05) is 62.9 Å². The Hall–Kier alpha value is -4.42. The Bertz CT molecular complexity index is 1590. The number of ketones is 1. The number of anilines is 4. The van der Waals surface area contributed by atoms with Gasteiger partial charge in [0.1, 0.15) is 22.9 Å². The van der Waals surface area contributed by atoms with Crippen LogP contribution in [0.25, 0.3) is 0 Å². The number of aromatic nitrogens is 4. The second-order valence-corrected chi connectivity index (χ2v) is 12.1. The molecule has 0 saturated heterocycles. The number of nitrogens with zero attached hydrogens (tertiary/aromatic N) is 5. The zero-order valence-electron chi connectivity index (χ0n) is 26.1. The van der Waals surface area contributed by atoms with Crippen LogP contribution in [0, 0.1) is 0 Å². The molecule has 0 aliphatic carbocycles. The summed E-state index contributed by atoms with van der Waals surface area (Å²) in [5, 5.41) is 8.09. The second kappa shape index (κ2) is 17.5. The second-order valence-electron chi connectivity index (χ2n) is 10.0. The molecule has 1 aromatic carbocycles. The van der Waals surface area contributed by atoms with Crippen molar-refractivity contribution in [2.75, 3.05) is 61.2 Å². The Kier molecular flexibility index (Phi) is 13.8. The summed E-state index contributed by atoms with van der Waals surface area (Å²) in [6, 6.07) is 6.12. The quantitative estimate of drug-likeness (QED) is 0.157. The molecular formula is C29H37F3N8O6S. The number of sulfonamides is 1. The highest BCUT2D eigenvalue weighted by molar-refractivity contribution is 7.92. The van der Waals surface area contributed by atoms with Crippen LogP contribution in [-0.2, 0) is 37.0 Å². The van der Waals surface area contributed by atoms with E-state index in [9.17, 15) is 31.2 Å². The number of halogens is 3. The van der Waals surface area contributed by atoms with Crippen molar-refractivity contribution in [3.8, 4) is 0 Å². The summed E-state index contributed by atoms with van der Waals surface area (Å²) in [5.41, 5.74) is -0.326. The molecule has 14 nitrogen and oxygen atoms in total. The first-order chi connectivity index (χ1) is 22.3. The molecule has 256 valence electrons. The first-order valence-corrected chi connectivity index (χ1v) is 16.4. The SMILES string of the molecule is CCC(=O)CCCOCCOCCNC(=O)c1ccc(Nc2ncc(C(F)(F)F)c(NCc3nccnc3N(C)S(C)(=O)=O)n2)cc1. The Morgan fingerprint density at radius 3 is 2.32 bits per heavy atom. The number of hydrogen-bond donors (Lipinski definition) is 3. The molecule has 0 unspecified atom stereocenters. The van der Waals surface area contributed by atoms with Crippen molar-refractivity contribution in [2.24, 2.45) is 0 Å². The number of amides is 1. The fourth-order valence-electron chi connectivity index (χ4n) is 3.90. The Morgan fingerprint density at radius 2 is 1.66 bits per heavy atom. The highest BCUT2D eigenvalue weighted by Gasteiger charge is 2.35. The van der Waals surface area contributed by atoms with Crippen LogP contribution in [-0.4, -0.2) is 86.3 Å². The Labute approximate surface area is 270 Å². The van der Waals surface area contributed by atoms with Crippen molar-refractivity contribution >= 4 is 45.0 Å². The van der Waals surface area contributed by atoms with Gasteiger partial charge in [0.25, 0.3) is 5.91 Å². The number of rotatable bonds is 19. The third kappa shape index (κ3) is 12.0. The molecule has 3 N–H and O–H groups in total. The average Bonchev–Trinajstić information content (AvgIpc) is 3.03. The number of nitrogens with one attached hydrogen (secondary N) is 3. The lowest BCUT2D eigenvalue weighted by molar-refractivity contribution is -0.137. The van der Waals surface area contributed by atoms with E-state index in [-0.39, 0.29) is 48.8 Å². The van der Waals surface area contributed by atoms with Crippen molar-refractivity contribution in [3.63, 3.8) is 0 Å². The monoisotopic (exact) mass is 682 g/mol. The van der Waals surface area contributed by atoms with E-state index in [1.54, 1.807) is 0 Å². The molecule has 0 fully saturated rings. The van der Waals surface area contributed by atoms with Crippen LogP contribution in [0.3, 0.4) is 0 Å². The van der Waals surface area contributed by atoms with E-state index >= 15 is 0 Å². The molecule has 18 heteroatoms. The lowest BCUT2D eigenvalue weighted by atomic mass is 10.2. The van der Waals surface area contributed by atoms with E-state index in [1.165, 1.54) is 43.7 Å². The van der Waals surface area contributed by atoms with E-state index in [0.29, 0.717) is 56.5 Å². The number of ether oxygens (including phenoxy) is 2. The highest BCUT2D eigenvalue weighted by atomic mass is 32.2. The maximum Gasteiger partial charge on any atom is 0.421 e. The minimum atomic E-state index is -4.79. The smallest absolute Gasteiger partial charge is 0.379 e. The molecule has 47 heavy (non-hydrogen) atoms. The molecule has 3 rings (SSSR count). The summed E-state index contributed by atoms with van der Waals surface area (Å²) in [5.74, 6) is -0.933. The molecule has 2 heterocycles. The topological polar surface area (TPSA) is 178 Å². The lowest BCUT2D eigenvalue weighted by Gasteiger charge is -2.19. The van der Waals surface area contributed by atoms with Crippen molar-refractivity contribution in [1.29, 1.82) is 0 Å². The molecule has 1 amide bonds. The number of carbonyl (C=O) groups excluding carboxylic acids is 2. The predicted octanol–water partition coefficient (Wildman–Crippen LogP) is 3.56. The van der Waals surface area contributed by atoms with E-state index < -0.39 is 27.6 Å². The molecule has 0 saturated carbocycles. The molecule has 2 aromatic heterocycles. The van der Waals surface area contributed by atoms with E-state index in [0.717, 1.165) is 10.6 Å². The maximum absolute atomic E-state index is 13.7. The van der Waals surface area contributed by atoms with Gasteiger partial charge >= 0.3 is 6.18 Å². The Morgan fingerprint density at radius 1 is 0.979 bits per heavy atom. The number of Topliss-reactive ketones (excluding diaryl/α,β-unsaturated/α-hetero) is 1. The summed E-state index contributed by atoms with van der Waals surface area (Å²) < 4.78 is 76.9. The molecule has 0 spiro atoms. The van der Waals surface area contributed by atoms with Crippen LogP contribution in [0.1, 0.15) is 47.8 Å². The molecule has 3 aromatic rings. The van der Waals surface area contributed by atoms with Crippen molar-refractivity contribution in [3.05, 3.63) is 59.7 Å². The van der Waals surface area contributed by atoms with Crippen LogP contribution in [0.15, 0.2) is 42.9 Å². The summed E-state index contributed by atoms with van der Waals surface area (Å²) in [7, 11) is -2.46. The first kappa shape index (κ1) is 37.0. The van der Waals surface area contributed by atoms with Crippen molar-refractivity contribution in [2.45, 2.75) is 38.9 Å². The summed E-state index contributed by atoms with van der Waals surface area (Å²) in [6.07, 6.45) is 1.03. The molecule has 0 bridgehead atoms. The van der Waals surface area contributed by atoms with Gasteiger partial charge in [-0.1, -0.05) is 6.92 Å². The zero-order valence-corrected chi connectivity index (χ0v) is 26.9. The van der Waals surface area contributed by atoms with E-state index in [2.05, 4.69) is 35.9 Å². The highest BCUT2D eigenvalue weighted by Crippen LogP contribution is 2.34. The summed E-state index contributed by atoms with van der Waals surface area (Å²) in [4.78, 5) is 39.5. The van der Waals surface area contributed by atoms with Gasteiger partial charge in [-0.3, -0.25) is 18.9 Å². The lowest BCUT2D eigenvalue weighted by Crippen LogP contribution is -2.27.